The molecule has 1 aromatic heterocycles. The molecular formula is C12H12F6NP. The second-order valence-corrected chi connectivity index (χ2v) is 5.99. The van der Waals surface area contributed by atoms with Crippen molar-refractivity contribution in [3.63, 3.8) is 0 Å². The first kappa shape index (κ1) is 16.4. The SMILES string of the molecule is Cc1cc[n+](-c2ccccc2)cc1.F[P-](F)(F)(F)(F)F. The van der Waals surface area contributed by atoms with Gasteiger partial charge in [-0.3, -0.25) is 0 Å². The maximum absolute atomic E-state index is 10.7. The number of hydrogen-bond acceptors (Lipinski definition) is 0. The van der Waals surface area contributed by atoms with Gasteiger partial charge in [-0.15, -0.1) is 0 Å². The normalized spacial score (nSPS) is 14.6. The number of rotatable bonds is 1. The third kappa shape index (κ3) is 9.33. The van der Waals surface area contributed by atoms with Crippen molar-refractivity contribution in [3.8, 4) is 5.69 Å². The molecule has 0 aliphatic heterocycles. The predicted octanol–water partition coefficient (Wildman–Crippen LogP) is 5.65. The Morgan fingerprint density at radius 3 is 1.55 bits per heavy atom. The molecule has 8 heteroatoms. The molecule has 0 aliphatic carbocycles. The minimum absolute atomic E-state index is 1.20. The molecule has 0 radical (unpaired) electrons. The molecule has 20 heavy (non-hydrogen) atoms. The molecule has 0 atom stereocenters. The quantitative estimate of drug-likeness (QED) is 0.363. The number of halogens is 6. The van der Waals surface area contributed by atoms with E-state index in [0.717, 1.165) is 0 Å². The molecule has 0 fully saturated rings. The van der Waals surface area contributed by atoms with E-state index in [1.54, 1.807) is 0 Å². The average molecular weight is 315 g/mol. The van der Waals surface area contributed by atoms with Crippen LogP contribution in [0.4, 0.5) is 25.2 Å². The fraction of sp³-hybridized carbons (Fsp3) is 0.0833. The van der Waals surface area contributed by atoms with Crippen LogP contribution >= 0.6 is 7.81 Å². The molecule has 0 saturated carbocycles. The van der Waals surface area contributed by atoms with Crippen LogP contribution in [0.25, 0.3) is 5.69 Å². The third-order valence-corrected chi connectivity index (χ3v) is 2.05. The summed E-state index contributed by atoms with van der Waals surface area (Å²) in [6.45, 7) is 2.09. The zero-order valence-electron chi connectivity index (χ0n) is 10.4. The Labute approximate surface area is 111 Å². The molecule has 2 rings (SSSR count). The van der Waals surface area contributed by atoms with Crippen LogP contribution in [-0.4, -0.2) is 0 Å². The van der Waals surface area contributed by atoms with Crippen molar-refractivity contribution < 1.29 is 29.7 Å². The third-order valence-electron chi connectivity index (χ3n) is 2.05. The molecule has 0 aliphatic rings. The number of pyridine rings is 1. The van der Waals surface area contributed by atoms with Gasteiger partial charge in [0.2, 0.25) is 5.69 Å². The zero-order chi connectivity index (χ0) is 15.5. The Kier molecular flexibility index (Phi) is 3.89. The van der Waals surface area contributed by atoms with Gasteiger partial charge in [0.1, 0.15) is 0 Å². The first-order valence-electron chi connectivity index (χ1n) is 5.41. The number of nitrogens with zero attached hydrogens (tertiary/aromatic N) is 1. The van der Waals surface area contributed by atoms with Gasteiger partial charge in [0.05, 0.1) is 0 Å². The molecule has 112 valence electrons. The molecule has 0 saturated heterocycles. The fourth-order valence-corrected chi connectivity index (χ4v) is 1.27. The van der Waals surface area contributed by atoms with Gasteiger partial charge < -0.3 is 0 Å². The number of aromatic nitrogens is 1. The molecule has 0 bridgehead atoms. The minimum atomic E-state index is -10.7. The van der Waals surface area contributed by atoms with E-state index in [0.29, 0.717) is 0 Å². The molecule has 0 N–H and O–H groups in total. The molecular weight excluding hydrogens is 303 g/mol. The van der Waals surface area contributed by atoms with Crippen molar-refractivity contribution in [3.05, 3.63) is 60.4 Å². The van der Waals surface area contributed by atoms with Crippen LogP contribution in [0.15, 0.2) is 54.9 Å². The van der Waals surface area contributed by atoms with Gasteiger partial charge in [-0.1, -0.05) is 18.2 Å². The van der Waals surface area contributed by atoms with Crippen molar-refractivity contribution in [2.24, 2.45) is 0 Å². The van der Waals surface area contributed by atoms with Crippen molar-refractivity contribution in [1.82, 2.24) is 0 Å². The van der Waals surface area contributed by atoms with E-state index in [1.807, 2.05) is 18.2 Å². The Hall–Kier alpha value is -1.62. The summed E-state index contributed by atoms with van der Waals surface area (Å²) in [5.41, 5.74) is 2.48. The van der Waals surface area contributed by atoms with Gasteiger partial charge in [0.15, 0.2) is 12.4 Å². The summed E-state index contributed by atoms with van der Waals surface area (Å²) in [7, 11) is -10.7. The Bertz CT molecular complexity index is 551. The van der Waals surface area contributed by atoms with Crippen LogP contribution in [0.1, 0.15) is 5.56 Å². The second kappa shape index (κ2) is 4.74. The topological polar surface area (TPSA) is 3.88 Å². The standard InChI is InChI=1S/C12H12N.F6P/c1-11-7-9-13(10-8-11)12-5-3-2-4-6-12;1-7(2,3,4,5)6/h2-10H,1H3;/q+1;-1. The summed E-state index contributed by atoms with van der Waals surface area (Å²) in [6.07, 6.45) is 4.15. The average Bonchev–Trinajstić information content (AvgIpc) is 2.27. The van der Waals surface area contributed by atoms with E-state index in [2.05, 4.69) is 48.1 Å². The molecule has 0 spiro atoms. The van der Waals surface area contributed by atoms with Crippen LogP contribution in [0.3, 0.4) is 0 Å². The van der Waals surface area contributed by atoms with Gasteiger partial charge in [0.25, 0.3) is 0 Å². The Morgan fingerprint density at radius 1 is 0.750 bits per heavy atom. The maximum atomic E-state index is 9.87. The van der Waals surface area contributed by atoms with Gasteiger partial charge in [0, 0.05) is 24.3 Å². The van der Waals surface area contributed by atoms with Gasteiger partial charge in [-0.05, 0) is 12.5 Å². The summed E-state index contributed by atoms with van der Waals surface area (Å²) in [6, 6.07) is 14.5. The predicted molar refractivity (Wildman–Crippen MR) is 66.3 cm³/mol. The van der Waals surface area contributed by atoms with E-state index >= 15 is 0 Å². The van der Waals surface area contributed by atoms with Crippen LogP contribution < -0.4 is 4.57 Å². The number of hydrogen-bond donors (Lipinski definition) is 0. The molecule has 2 aromatic rings. The Balaban J connectivity index is 0.000000246. The molecule has 1 heterocycles. The van der Waals surface area contributed by atoms with Crippen molar-refractivity contribution in [2.45, 2.75) is 6.92 Å². The Morgan fingerprint density at radius 2 is 1.15 bits per heavy atom. The van der Waals surface area contributed by atoms with E-state index in [-0.39, 0.29) is 0 Å². The summed E-state index contributed by atoms with van der Waals surface area (Å²) in [5, 5.41) is 0. The molecule has 1 nitrogen and oxygen atoms in total. The van der Waals surface area contributed by atoms with E-state index in [1.165, 1.54) is 11.3 Å². The van der Waals surface area contributed by atoms with Gasteiger partial charge in [-0.25, -0.2) is 0 Å². The van der Waals surface area contributed by atoms with Crippen molar-refractivity contribution >= 4 is 7.81 Å². The van der Waals surface area contributed by atoms with Crippen LogP contribution in [0.5, 0.6) is 0 Å². The zero-order valence-corrected chi connectivity index (χ0v) is 11.3. The van der Waals surface area contributed by atoms with E-state index in [4.69, 9.17) is 0 Å². The summed E-state index contributed by atoms with van der Waals surface area (Å²) >= 11 is 0. The van der Waals surface area contributed by atoms with Crippen LogP contribution in [-0.2, 0) is 0 Å². The monoisotopic (exact) mass is 315 g/mol. The molecule has 0 amide bonds. The van der Waals surface area contributed by atoms with Crippen molar-refractivity contribution in [2.75, 3.05) is 0 Å². The first-order valence-corrected chi connectivity index (χ1v) is 7.44. The fourth-order valence-electron chi connectivity index (χ4n) is 1.27. The van der Waals surface area contributed by atoms with Crippen molar-refractivity contribution in [1.29, 1.82) is 0 Å². The first-order chi connectivity index (χ1) is 8.81. The second-order valence-electron chi connectivity index (χ2n) is 4.08. The number of benzene rings is 1. The molecule has 1 aromatic carbocycles. The summed E-state index contributed by atoms with van der Waals surface area (Å²) < 4.78 is 61.3. The van der Waals surface area contributed by atoms with E-state index < -0.39 is 7.81 Å². The van der Waals surface area contributed by atoms with Gasteiger partial charge in [-0.2, -0.15) is 4.57 Å². The number of aryl methyl sites for hydroxylation is 1. The summed E-state index contributed by atoms with van der Waals surface area (Å²) in [4.78, 5) is 0. The summed E-state index contributed by atoms with van der Waals surface area (Å²) in [5.74, 6) is 0. The van der Waals surface area contributed by atoms with E-state index in [9.17, 15) is 25.2 Å². The van der Waals surface area contributed by atoms with Gasteiger partial charge >= 0.3 is 33.0 Å². The van der Waals surface area contributed by atoms with Crippen LogP contribution in [0, 0.1) is 6.92 Å². The van der Waals surface area contributed by atoms with Crippen LogP contribution in [0.2, 0.25) is 0 Å². The number of para-hydroxylation sites is 1. The molecule has 0 unspecified atom stereocenters.